The molecule has 0 spiro atoms. The topological polar surface area (TPSA) is 107 Å². The third-order valence-electron chi connectivity index (χ3n) is 8.66. The second-order valence-electron chi connectivity index (χ2n) is 11.8. The van der Waals surface area contributed by atoms with Crippen LogP contribution in [0.5, 0.6) is 5.75 Å². The highest BCUT2D eigenvalue weighted by Gasteiger charge is 2.32. The van der Waals surface area contributed by atoms with Crippen LogP contribution >= 0.6 is 0 Å². The van der Waals surface area contributed by atoms with E-state index in [4.69, 9.17) is 15.5 Å². The normalized spacial score (nSPS) is 23.0. The zero-order chi connectivity index (χ0) is 28.2. The molecule has 7 rings (SSSR count). The Bertz CT molecular complexity index is 1650. The Hall–Kier alpha value is -3.92. The minimum absolute atomic E-state index is 0.0230. The van der Waals surface area contributed by atoms with E-state index in [1.807, 2.05) is 6.07 Å². The summed E-state index contributed by atoms with van der Waals surface area (Å²) in [7, 11) is 1.58. The van der Waals surface area contributed by atoms with Gasteiger partial charge in [0.1, 0.15) is 17.4 Å². The molecule has 0 radical (unpaired) electrons. The Labute approximate surface area is 237 Å². The van der Waals surface area contributed by atoms with Crippen molar-refractivity contribution in [3.63, 3.8) is 0 Å². The Balaban J connectivity index is 1.39. The van der Waals surface area contributed by atoms with Crippen LogP contribution in [0.15, 0.2) is 42.5 Å². The van der Waals surface area contributed by atoms with Crippen molar-refractivity contribution in [2.45, 2.75) is 63.4 Å². The molecule has 2 aromatic carbocycles. The first-order valence-electron chi connectivity index (χ1n) is 14.5. The van der Waals surface area contributed by atoms with Crippen LogP contribution in [0.2, 0.25) is 0 Å². The quantitative estimate of drug-likeness (QED) is 0.358. The van der Waals surface area contributed by atoms with Crippen molar-refractivity contribution in [3.8, 4) is 17.3 Å². The lowest BCUT2D eigenvalue weighted by molar-refractivity contribution is -0.119. The fraction of sp³-hybridized carbons (Fsp3) is 0.452. The lowest BCUT2D eigenvalue weighted by Gasteiger charge is -2.33. The Kier molecular flexibility index (Phi) is 6.45. The van der Waals surface area contributed by atoms with E-state index in [0.29, 0.717) is 42.3 Å². The van der Waals surface area contributed by atoms with Gasteiger partial charge in [0.25, 0.3) is 5.91 Å². The lowest BCUT2D eigenvalue weighted by Crippen LogP contribution is -2.50. The number of imidazole rings is 1. The van der Waals surface area contributed by atoms with Gasteiger partial charge in [0.15, 0.2) is 5.82 Å². The van der Waals surface area contributed by atoms with Gasteiger partial charge in [0.2, 0.25) is 5.91 Å². The molecule has 214 valence electrons. The largest absolute Gasteiger partial charge is 0.494 e. The van der Waals surface area contributed by atoms with Gasteiger partial charge in [0.05, 0.1) is 24.9 Å². The van der Waals surface area contributed by atoms with Crippen LogP contribution in [0.25, 0.3) is 33.5 Å². The number of rotatable bonds is 7. The molecular formula is C31H35FN6O3. The zero-order valence-electron chi connectivity index (χ0n) is 23.2. The maximum Gasteiger partial charge on any atom is 0.254 e. The molecule has 3 atom stereocenters. The van der Waals surface area contributed by atoms with Gasteiger partial charge in [0, 0.05) is 54.6 Å². The minimum atomic E-state index is -1.14. The van der Waals surface area contributed by atoms with Crippen LogP contribution in [0, 0.1) is 5.92 Å². The standard InChI is InChI=1S/C31H35FN6O3/c1-41-27-12-20(31(40)36-15-21(32)13-22(33)16-36)10-24-29(27)38(17-23-8-9-28(39)34-23)30(35-24)26-11-19-4-2-3-5-25(19)37(26)14-18-6-7-18/h2-5,10-12,18,21-23H,6-9,13-17,33H2,1H3,(H,34,39)/t21-,22-,23?/m1/s1. The fourth-order valence-electron chi connectivity index (χ4n) is 6.49. The second-order valence-corrected chi connectivity index (χ2v) is 11.8. The zero-order valence-corrected chi connectivity index (χ0v) is 23.2. The van der Waals surface area contributed by atoms with E-state index in [1.165, 1.54) is 17.7 Å². The number of benzene rings is 2. The van der Waals surface area contributed by atoms with Gasteiger partial charge in [-0.3, -0.25) is 9.59 Å². The first-order chi connectivity index (χ1) is 19.9. The summed E-state index contributed by atoms with van der Waals surface area (Å²) in [5.41, 5.74) is 9.96. The SMILES string of the molecule is COc1cc(C(=O)N2C[C@H](N)C[C@@H](F)C2)cc2nc(-c3cc4ccccc4n3CC3CC3)n(CC3CCC(=O)N3)c12. The van der Waals surface area contributed by atoms with Crippen molar-refractivity contribution in [1.29, 1.82) is 0 Å². The predicted molar refractivity (Wildman–Crippen MR) is 154 cm³/mol. The van der Waals surface area contributed by atoms with Gasteiger partial charge in [-0.2, -0.15) is 0 Å². The molecule has 2 saturated heterocycles. The molecule has 3 N–H and O–H groups in total. The second kappa shape index (κ2) is 10.2. The molecule has 1 aliphatic carbocycles. The number of fused-ring (bicyclic) bond motifs is 2. The summed E-state index contributed by atoms with van der Waals surface area (Å²) in [5.74, 6) is 1.69. The summed E-state index contributed by atoms with van der Waals surface area (Å²) < 4.78 is 24.6. The summed E-state index contributed by atoms with van der Waals surface area (Å²) in [6, 6.07) is 13.6. The molecular weight excluding hydrogens is 523 g/mol. The van der Waals surface area contributed by atoms with Gasteiger partial charge < -0.3 is 29.8 Å². The number of para-hydroxylation sites is 1. The Morgan fingerprint density at radius 2 is 1.95 bits per heavy atom. The minimum Gasteiger partial charge on any atom is -0.494 e. The maximum atomic E-state index is 14.3. The Morgan fingerprint density at radius 1 is 1.12 bits per heavy atom. The smallest absolute Gasteiger partial charge is 0.254 e. The van der Waals surface area contributed by atoms with Gasteiger partial charge in [-0.1, -0.05) is 18.2 Å². The molecule has 2 aliphatic heterocycles. The van der Waals surface area contributed by atoms with Crippen molar-refractivity contribution in [2.24, 2.45) is 11.7 Å². The van der Waals surface area contributed by atoms with Crippen molar-refractivity contribution >= 4 is 33.8 Å². The number of nitrogens with zero attached hydrogens (tertiary/aromatic N) is 4. The number of nitrogens with one attached hydrogen (secondary N) is 1. The van der Waals surface area contributed by atoms with Crippen LogP contribution in [0.1, 0.15) is 42.5 Å². The number of carbonyl (C=O) groups is 2. The summed E-state index contributed by atoms with van der Waals surface area (Å²) >= 11 is 0. The number of piperidine rings is 1. The molecule has 0 bridgehead atoms. The van der Waals surface area contributed by atoms with Crippen LogP contribution < -0.4 is 15.8 Å². The number of nitrogens with two attached hydrogens (primary N) is 1. The predicted octanol–water partition coefficient (Wildman–Crippen LogP) is 3.87. The number of hydrogen-bond donors (Lipinski definition) is 2. The van der Waals surface area contributed by atoms with Crippen LogP contribution in [-0.4, -0.2) is 69.3 Å². The summed E-state index contributed by atoms with van der Waals surface area (Å²) in [6.45, 7) is 1.76. The van der Waals surface area contributed by atoms with Crippen LogP contribution in [-0.2, 0) is 17.9 Å². The highest BCUT2D eigenvalue weighted by Crippen LogP contribution is 2.39. The molecule has 3 fully saturated rings. The molecule has 10 heteroatoms. The fourth-order valence-corrected chi connectivity index (χ4v) is 6.49. The third kappa shape index (κ3) is 4.84. The molecule has 41 heavy (non-hydrogen) atoms. The molecule has 9 nitrogen and oxygen atoms in total. The van der Waals surface area contributed by atoms with Gasteiger partial charge in [-0.25, -0.2) is 9.37 Å². The van der Waals surface area contributed by atoms with Gasteiger partial charge in [-0.05, 0) is 55.9 Å². The monoisotopic (exact) mass is 558 g/mol. The number of methoxy groups -OCH3 is 1. The maximum absolute atomic E-state index is 14.3. The molecule has 2 amide bonds. The average Bonchev–Trinajstić information content (AvgIpc) is 3.41. The van der Waals surface area contributed by atoms with Crippen molar-refractivity contribution < 1.29 is 18.7 Å². The van der Waals surface area contributed by atoms with E-state index in [9.17, 15) is 14.0 Å². The van der Waals surface area contributed by atoms with Gasteiger partial charge in [-0.15, -0.1) is 0 Å². The lowest BCUT2D eigenvalue weighted by atomic mass is 10.0. The van der Waals surface area contributed by atoms with E-state index in [2.05, 4.69) is 38.7 Å². The van der Waals surface area contributed by atoms with Crippen molar-refractivity contribution in [2.75, 3.05) is 20.2 Å². The number of hydrogen-bond acceptors (Lipinski definition) is 5. The molecule has 4 heterocycles. The average molecular weight is 559 g/mol. The summed E-state index contributed by atoms with van der Waals surface area (Å²) in [6.07, 6.45) is 2.78. The van der Waals surface area contributed by atoms with Crippen LogP contribution in [0.3, 0.4) is 0 Å². The highest BCUT2D eigenvalue weighted by atomic mass is 19.1. The summed E-state index contributed by atoms with van der Waals surface area (Å²) in [5, 5.41) is 4.23. The van der Waals surface area contributed by atoms with Crippen molar-refractivity contribution in [3.05, 3.63) is 48.0 Å². The number of alkyl halides is 1. The number of amides is 2. The number of likely N-dealkylation sites (tertiary alicyclic amines) is 1. The number of ether oxygens (including phenoxy) is 1. The number of carbonyl (C=O) groups excluding carboxylic acids is 2. The molecule has 1 saturated carbocycles. The van der Waals surface area contributed by atoms with E-state index >= 15 is 0 Å². The first-order valence-corrected chi connectivity index (χ1v) is 14.5. The first kappa shape index (κ1) is 26.0. The molecule has 2 aromatic heterocycles. The Morgan fingerprint density at radius 3 is 2.68 bits per heavy atom. The molecule has 4 aromatic rings. The van der Waals surface area contributed by atoms with E-state index in [1.54, 1.807) is 19.2 Å². The number of halogens is 1. The van der Waals surface area contributed by atoms with Crippen LogP contribution in [0.4, 0.5) is 4.39 Å². The summed E-state index contributed by atoms with van der Waals surface area (Å²) in [4.78, 5) is 32.3. The molecule has 3 aliphatic rings. The number of aromatic nitrogens is 3. The molecule has 1 unspecified atom stereocenters. The van der Waals surface area contributed by atoms with Gasteiger partial charge >= 0.3 is 0 Å². The highest BCUT2D eigenvalue weighted by molar-refractivity contribution is 6.00. The van der Waals surface area contributed by atoms with E-state index in [0.717, 1.165) is 40.9 Å². The van der Waals surface area contributed by atoms with Crippen molar-refractivity contribution in [1.82, 2.24) is 24.3 Å². The van der Waals surface area contributed by atoms with E-state index in [-0.39, 0.29) is 30.8 Å². The van der Waals surface area contributed by atoms with E-state index < -0.39 is 12.2 Å². The third-order valence-corrected chi connectivity index (χ3v) is 8.66.